The van der Waals surface area contributed by atoms with Gasteiger partial charge in [0.05, 0.1) is 23.7 Å². The molecule has 3 fully saturated rings. The van der Waals surface area contributed by atoms with Crippen molar-refractivity contribution in [2.24, 2.45) is 17.8 Å². The van der Waals surface area contributed by atoms with E-state index in [-0.39, 0.29) is 37.0 Å². The van der Waals surface area contributed by atoms with E-state index < -0.39 is 63.0 Å². The fourth-order valence-electron chi connectivity index (χ4n) is 6.29. The van der Waals surface area contributed by atoms with Crippen molar-refractivity contribution in [2.75, 3.05) is 12.0 Å². The Morgan fingerprint density at radius 3 is 2.31 bits per heavy atom. The van der Waals surface area contributed by atoms with Crippen LogP contribution in [0.15, 0.2) is 35.9 Å². The first-order valence-electron chi connectivity index (χ1n) is 11.3. The number of alkyl halides is 3. The average molecular weight is 600 g/mol. The number of aliphatic carboxylic acids is 1. The number of carbonyl (C=O) groups excluding carboxylic acids is 4. The minimum absolute atomic E-state index is 0.00824. The van der Waals surface area contributed by atoms with Crippen molar-refractivity contribution >= 4 is 68.7 Å². The molecule has 1 saturated carbocycles. The fourth-order valence-corrected chi connectivity index (χ4v) is 7.71. The van der Waals surface area contributed by atoms with E-state index in [9.17, 15) is 29.1 Å². The van der Waals surface area contributed by atoms with Gasteiger partial charge in [0.25, 0.3) is 11.8 Å². The number of imide groups is 2. The van der Waals surface area contributed by atoms with Crippen LogP contribution in [-0.2, 0) is 24.0 Å². The van der Waals surface area contributed by atoms with Gasteiger partial charge in [-0.3, -0.25) is 33.8 Å². The van der Waals surface area contributed by atoms with Crippen molar-refractivity contribution < 1.29 is 34.2 Å². The van der Waals surface area contributed by atoms with E-state index in [1.165, 1.54) is 12.1 Å². The number of phenolic OH excluding ortho intramolecular Hbond substituents is 1. The summed E-state index contributed by atoms with van der Waals surface area (Å²) in [6.07, 6.45) is 1.48. The summed E-state index contributed by atoms with van der Waals surface area (Å²) in [4.78, 5) is 62.8. The maximum atomic E-state index is 13.6. The van der Waals surface area contributed by atoms with Gasteiger partial charge < -0.3 is 10.2 Å². The van der Waals surface area contributed by atoms with Crippen molar-refractivity contribution in [3.8, 4) is 5.75 Å². The lowest BCUT2D eigenvalue weighted by Gasteiger charge is -2.50. The van der Waals surface area contributed by atoms with E-state index in [0.717, 1.165) is 9.80 Å². The summed E-state index contributed by atoms with van der Waals surface area (Å²) in [7, 11) is 0. The highest BCUT2D eigenvalue weighted by molar-refractivity contribution is 9.09. The first-order valence-corrected chi connectivity index (χ1v) is 13.2. The van der Waals surface area contributed by atoms with Gasteiger partial charge in [-0.2, -0.15) is 0 Å². The molecular formula is C24H21BrCl2N2O7. The van der Waals surface area contributed by atoms with Gasteiger partial charge in [0.1, 0.15) is 5.75 Å². The van der Waals surface area contributed by atoms with E-state index in [1.807, 2.05) is 0 Å². The van der Waals surface area contributed by atoms with Crippen LogP contribution in [0.3, 0.4) is 0 Å². The van der Waals surface area contributed by atoms with E-state index in [0.29, 0.717) is 11.1 Å². The van der Waals surface area contributed by atoms with Crippen molar-refractivity contribution in [2.45, 2.75) is 34.9 Å². The maximum absolute atomic E-state index is 13.6. The van der Waals surface area contributed by atoms with Crippen molar-refractivity contribution in [3.63, 3.8) is 0 Å². The van der Waals surface area contributed by atoms with Crippen LogP contribution in [0.1, 0.15) is 30.7 Å². The fraction of sp³-hybridized carbons (Fsp3) is 0.458. The quantitative estimate of drug-likeness (QED) is 0.230. The lowest BCUT2D eigenvalue weighted by molar-refractivity contribution is -0.143. The Bertz CT molecular complexity index is 1240. The highest BCUT2D eigenvalue weighted by Gasteiger charge is 2.76. The summed E-state index contributed by atoms with van der Waals surface area (Å²) in [5.74, 6) is -6.63. The molecule has 12 heteroatoms. The standard InChI is InChI=1S/C24H21BrCl2N2O7/c25-10-29-21(35)23(26)9-15-13(18(24(23,27)22(29)36)11-1-3-12(30)4-2-11)5-6-14-17(15)20(34)28(19(14)33)8-7-16(31)32/h1-5,14-15,17-18,30H,6-10H2,(H,31,32). The Hall–Kier alpha value is -2.43. The number of hydrogen-bond acceptors (Lipinski definition) is 6. The van der Waals surface area contributed by atoms with Crippen LogP contribution < -0.4 is 0 Å². The summed E-state index contributed by atoms with van der Waals surface area (Å²) in [6.45, 7) is -0.246. The topological polar surface area (TPSA) is 132 Å². The van der Waals surface area contributed by atoms with Crippen molar-refractivity contribution in [1.82, 2.24) is 9.80 Å². The molecule has 2 heterocycles. The van der Waals surface area contributed by atoms with Gasteiger partial charge in [-0.05, 0) is 36.5 Å². The number of hydrogen-bond donors (Lipinski definition) is 2. The number of benzene rings is 1. The van der Waals surface area contributed by atoms with Crippen LogP contribution in [0.5, 0.6) is 5.75 Å². The lowest BCUT2D eigenvalue weighted by Crippen LogP contribution is -2.60. The molecule has 2 saturated heterocycles. The van der Waals surface area contributed by atoms with Gasteiger partial charge in [-0.15, -0.1) is 23.2 Å². The van der Waals surface area contributed by atoms with E-state index in [4.69, 9.17) is 28.3 Å². The van der Waals surface area contributed by atoms with Gasteiger partial charge in [-0.25, -0.2) is 0 Å². The first-order chi connectivity index (χ1) is 17.0. The third-order valence-electron chi connectivity index (χ3n) is 7.88. The molecule has 6 atom stereocenters. The highest BCUT2D eigenvalue weighted by Crippen LogP contribution is 2.65. The number of likely N-dealkylation sites (tertiary alicyclic amines) is 2. The van der Waals surface area contributed by atoms with Gasteiger partial charge in [0.15, 0.2) is 9.75 Å². The SMILES string of the molecule is O=C(O)CCN1C(=O)C2CC=C3C(CC4(Cl)C(=O)N(CBr)C(=O)C4(Cl)C3c3ccc(O)cc3)C2C1=O. The van der Waals surface area contributed by atoms with Crippen LogP contribution >= 0.6 is 39.1 Å². The first kappa shape index (κ1) is 25.2. The highest BCUT2D eigenvalue weighted by atomic mass is 79.9. The number of allylic oxidation sites excluding steroid dienone is 2. The molecule has 2 N–H and O–H groups in total. The van der Waals surface area contributed by atoms with E-state index in [1.54, 1.807) is 18.2 Å². The largest absolute Gasteiger partial charge is 0.508 e. The molecule has 0 aromatic heterocycles. The van der Waals surface area contributed by atoms with E-state index in [2.05, 4.69) is 15.9 Å². The minimum atomic E-state index is -1.90. The second-order valence-corrected chi connectivity index (χ2v) is 11.3. The molecule has 36 heavy (non-hydrogen) atoms. The summed E-state index contributed by atoms with van der Waals surface area (Å²) < 4.78 is 0. The second kappa shape index (κ2) is 8.56. The third-order valence-corrected chi connectivity index (χ3v) is 9.80. The summed E-state index contributed by atoms with van der Waals surface area (Å²) >= 11 is 17.3. The van der Waals surface area contributed by atoms with Crippen LogP contribution in [0, 0.1) is 17.8 Å². The van der Waals surface area contributed by atoms with Crippen LogP contribution in [0.4, 0.5) is 0 Å². The van der Waals surface area contributed by atoms with Crippen molar-refractivity contribution in [1.29, 1.82) is 0 Å². The molecule has 1 aromatic carbocycles. The number of carbonyl (C=O) groups is 5. The molecule has 2 aliphatic carbocycles. The summed E-state index contributed by atoms with van der Waals surface area (Å²) in [5.41, 5.74) is 1.04. The molecule has 6 unspecified atom stereocenters. The molecule has 0 spiro atoms. The van der Waals surface area contributed by atoms with Crippen molar-refractivity contribution in [3.05, 3.63) is 41.5 Å². The number of halogens is 3. The van der Waals surface area contributed by atoms with Crippen LogP contribution in [0.25, 0.3) is 0 Å². The number of rotatable bonds is 5. The second-order valence-electron chi connectivity index (χ2n) is 9.55. The molecule has 4 aliphatic rings. The number of fused-ring (bicyclic) bond motifs is 4. The molecule has 9 nitrogen and oxygen atoms in total. The number of nitrogens with zero attached hydrogens (tertiary/aromatic N) is 2. The number of carboxylic acid groups (broad SMARTS) is 1. The number of carboxylic acids is 1. The molecule has 1 aromatic rings. The van der Waals surface area contributed by atoms with Crippen LogP contribution in [0.2, 0.25) is 0 Å². The van der Waals surface area contributed by atoms with Crippen LogP contribution in [-0.4, -0.2) is 71.4 Å². The van der Waals surface area contributed by atoms with Gasteiger partial charge in [-0.1, -0.05) is 39.7 Å². The Morgan fingerprint density at radius 2 is 1.69 bits per heavy atom. The molecule has 0 radical (unpaired) electrons. The number of phenols is 1. The molecule has 2 aliphatic heterocycles. The molecular weight excluding hydrogens is 579 g/mol. The minimum Gasteiger partial charge on any atom is -0.508 e. The number of aromatic hydroxyl groups is 1. The maximum Gasteiger partial charge on any atom is 0.305 e. The Morgan fingerprint density at radius 1 is 1.03 bits per heavy atom. The molecule has 190 valence electrons. The Balaban J connectivity index is 1.65. The molecule has 5 rings (SSSR count). The zero-order chi connectivity index (χ0) is 26.2. The molecule has 4 amide bonds. The summed E-state index contributed by atoms with van der Waals surface area (Å²) in [5, 5.41) is 18.9. The molecule has 0 bridgehead atoms. The number of amides is 4. The van der Waals surface area contributed by atoms with E-state index >= 15 is 0 Å². The normalized spacial score (nSPS) is 35.5. The lowest BCUT2D eigenvalue weighted by atomic mass is 9.56. The predicted octanol–water partition coefficient (Wildman–Crippen LogP) is 2.58. The Kier molecular flexibility index (Phi) is 6.00. The third kappa shape index (κ3) is 3.23. The monoisotopic (exact) mass is 598 g/mol. The average Bonchev–Trinajstić information content (AvgIpc) is 3.16. The zero-order valence-corrected chi connectivity index (χ0v) is 21.8. The smallest absolute Gasteiger partial charge is 0.305 e. The van der Waals surface area contributed by atoms with Gasteiger partial charge in [0.2, 0.25) is 11.8 Å². The van der Waals surface area contributed by atoms with Gasteiger partial charge in [0, 0.05) is 12.5 Å². The summed E-state index contributed by atoms with van der Waals surface area (Å²) in [6, 6.07) is 6.05. The zero-order valence-electron chi connectivity index (χ0n) is 18.7. The Labute approximate surface area is 224 Å². The van der Waals surface area contributed by atoms with Gasteiger partial charge >= 0.3 is 5.97 Å². The predicted molar refractivity (Wildman–Crippen MR) is 130 cm³/mol.